The van der Waals surface area contributed by atoms with E-state index in [0.717, 1.165) is 22.0 Å². The molecule has 0 bridgehead atoms. The van der Waals surface area contributed by atoms with Crippen molar-refractivity contribution in [2.45, 2.75) is 12.5 Å². The van der Waals surface area contributed by atoms with Gasteiger partial charge in [0.25, 0.3) is 11.8 Å². The van der Waals surface area contributed by atoms with Crippen LogP contribution in [0.15, 0.2) is 55.1 Å². The van der Waals surface area contributed by atoms with Gasteiger partial charge in [-0.1, -0.05) is 6.07 Å². The van der Waals surface area contributed by atoms with Crippen molar-refractivity contribution >= 4 is 28.5 Å². The normalized spacial score (nSPS) is 15.9. The molecule has 4 heterocycles. The Kier molecular flexibility index (Phi) is 4.85. The Bertz CT molecular complexity index is 1320. The number of likely N-dealkylation sites (tertiary alicyclic amines) is 1. The van der Waals surface area contributed by atoms with Gasteiger partial charge in [-0.15, -0.1) is 0 Å². The Labute approximate surface area is 184 Å². The summed E-state index contributed by atoms with van der Waals surface area (Å²) in [5.74, 6) is -0.167. The summed E-state index contributed by atoms with van der Waals surface area (Å²) in [6.45, 7) is 1.02. The van der Waals surface area contributed by atoms with Crippen LogP contribution in [0.4, 0.5) is 5.82 Å². The van der Waals surface area contributed by atoms with Crippen LogP contribution in [0, 0.1) is 0 Å². The minimum Gasteiger partial charge on any atom is -0.383 e. The van der Waals surface area contributed by atoms with E-state index in [1.807, 2.05) is 43.7 Å². The lowest BCUT2D eigenvalue weighted by Gasteiger charge is -2.18. The molecule has 1 aromatic carbocycles. The Morgan fingerprint density at radius 1 is 1.19 bits per heavy atom. The number of benzene rings is 1. The maximum atomic E-state index is 13.1. The van der Waals surface area contributed by atoms with E-state index < -0.39 is 0 Å². The second-order valence-electron chi connectivity index (χ2n) is 8.01. The topological polar surface area (TPSA) is 122 Å². The summed E-state index contributed by atoms with van der Waals surface area (Å²) in [7, 11) is 1.82. The molecule has 5 rings (SSSR count). The van der Waals surface area contributed by atoms with Crippen molar-refractivity contribution in [1.29, 1.82) is 0 Å². The standard InChI is InChI=1S/C23H23N7O2/c1-29-12-15(11-27-29)14-9-19(21(24)26-10-14)22(31)28-16-6-8-30(13-16)23(32)18-3-2-4-20-17(18)5-7-25-20/h2-5,7,9-12,16,25H,6,8,13H2,1H3,(H2,24,26)(H,28,31)/t16-/m1/s1. The van der Waals surface area contributed by atoms with Crippen molar-refractivity contribution in [3.8, 4) is 11.1 Å². The number of nitrogens with one attached hydrogen (secondary N) is 2. The number of aryl methyl sites for hydroxylation is 1. The highest BCUT2D eigenvalue weighted by Gasteiger charge is 2.29. The lowest BCUT2D eigenvalue weighted by atomic mass is 10.1. The van der Waals surface area contributed by atoms with Gasteiger partial charge < -0.3 is 20.9 Å². The molecule has 1 saturated heterocycles. The summed E-state index contributed by atoms with van der Waals surface area (Å²) in [6, 6.07) is 9.12. The average Bonchev–Trinajstić information content (AvgIpc) is 3.54. The van der Waals surface area contributed by atoms with E-state index in [4.69, 9.17) is 5.73 Å². The third-order valence-corrected chi connectivity index (χ3v) is 5.84. The highest BCUT2D eigenvalue weighted by atomic mass is 16.2. The highest BCUT2D eigenvalue weighted by molar-refractivity contribution is 6.06. The summed E-state index contributed by atoms with van der Waals surface area (Å²) in [4.78, 5) is 35.1. The number of nitrogens with zero attached hydrogens (tertiary/aromatic N) is 4. The molecule has 4 N–H and O–H groups in total. The Hall–Kier alpha value is -4.14. The van der Waals surface area contributed by atoms with Crippen LogP contribution in [-0.4, -0.2) is 55.6 Å². The molecule has 1 atom stereocenters. The molecule has 0 saturated carbocycles. The number of amides is 2. The van der Waals surface area contributed by atoms with Gasteiger partial charge in [-0.3, -0.25) is 14.3 Å². The van der Waals surface area contributed by atoms with Crippen LogP contribution >= 0.6 is 0 Å². The highest BCUT2D eigenvalue weighted by Crippen LogP contribution is 2.23. The van der Waals surface area contributed by atoms with E-state index in [1.165, 1.54) is 0 Å². The summed E-state index contributed by atoms with van der Waals surface area (Å²) in [6.07, 6.45) is 7.68. The largest absolute Gasteiger partial charge is 0.383 e. The number of aromatic nitrogens is 4. The monoisotopic (exact) mass is 429 g/mol. The quantitative estimate of drug-likeness (QED) is 0.459. The van der Waals surface area contributed by atoms with Crippen LogP contribution in [0.25, 0.3) is 22.0 Å². The van der Waals surface area contributed by atoms with Crippen molar-refractivity contribution in [2.24, 2.45) is 7.05 Å². The fraction of sp³-hybridized carbons (Fsp3) is 0.217. The number of pyridine rings is 1. The van der Waals surface area contributed by atoms with Gasteiger partial charge in [-0.2, -0.15) is 5.10 Å². The lowest BCUT2D eigenvalue weighted by molar-refractivity contribution is 0.0785. The van der Waals surface area contributed by atoms with Gasteiger partial charge in [0.15, 0.2) is 0 Å². The number of hydrogen-bond donors (Lipinski definition) is 3. The number of carbonyl (C=O) groups excluding carboxylic acids is 2. The molecule has 9 nitrogen and oxygen atoms in total. The lowest BCUT2D eigenvalue weighted by Crippen LogP contribution is -2.38. The number of nitrogen functional groups attached to an aromatic ring is 1. The first-order chi connectivity index (χ1) is 15.5. The van der Waals surface area contributed by atoms with E-state index in [0.29, 0.717) is 30.6 Å². The van der Waals surface area contributed by atoms with Gasteiger partial charge >= 0.3 is 0 Å². The minimum absolute atomic E-state index is 0.0355. The second-order valence-corrected chi connectivity index (χ2v) is 8.01. The van der Waals surface area contributed by atoms with Crippen molar-refractivity contribution in [3.05, 3.63) is 66.2 Å². The van der Waals surface area contributed by atoms with Gasteiger partial charge in [0.05, 0.1) is 11.8 Å². The van der Waals surface area contributed by atoms with Crippen molar-refractivity contribution in [2.75, 3.05) is 18.8 Å². The average molecular weight is 429 g/mol. The molecule has 1 fully saturated rings. The predicted molar refractivity (Wildman–Crippen MR) is 121 cm³/mol. The SMILES string of the molecule is Cn1cc(-c2cnc(N)c(C(=O)N[C@@H]3CCN(C(=O)c4cccc5[nH]ccc45)C3)c2)cn1. The van der Waals surface area contributed by atoms with Crippen LogP contribution in [0.5, 0.6) is 0 Å². The van der Waals surface area contributed by atoms with E-state index in [9.17, 15) is 9.59 Å². The number of anilines is 1. The van der Waals surface area contributed by atoms with E-state index in [2.05, 4.69) is 20.4 Å². The van der Waals surface area contributed by atoms with Crippen molar-refractivity contribution in [1.82, 2.24) is 30.0 Å². The zero-order valence-electron chi connectivity index (χ0n) is 17.6. The first-order valence-electron chi connectivity index (χ1n) is 10.4. The number of rotatable bonds is 4. The predicted octanol–water partition coefficient (Wildman–Crippen LogP) is 2.19. The smallest absolute Gasteiger partial charge is 0.255 e. The summed E-state index contributed by atoms with van der Waals surface area (Å²) < 4.78 is 1.68. The molecule has 1 aliphatic heterocycles. The zero-order valence-corrected chi connectivity index (χ0v) is 17.6. The van der Waals surface area contributed by atoms with E-state index in [1.54, 1.807) is 28.0 Å². The fourth-order valence-corrected chi connectivity index (χ4v) is 4.15. The number of fused-ring (bicyclic) bond motifs is 1. The number of nitrogens with two attached hydrogens (primary N) is 1. The van der Waals surface area contributed by atoms with Gasteiger partial charge in [-0.25, -0.2) is 4.98 Å². The maximum Gasteiger partial charge on any atom is 0.255 e. The first-order valence-corrected chi connectivity index (χ1v) is 10.4. The molecule has 0 aliphatic carbocycles. The first kappa shape index (κ1) is 19.8. The number of carbonyl (C=O) groups is 2. The molecule has 2 amide bonds. The Morgan fingerprint density at radius 3 is 2.88 bits per heavy atom. The number of aromatic amines is 1. The molecule has 3 aromatic heterocycles. The molecule has 0 unspecified atom stereocenters. The van der Waals surface area contributed by atoms with E-state index in [-0.39, 0.29) is 23.7 Å². The molecule has 162 valence electrons. The number of H-pyrrole nitrogens is 1. The fourth-order valence-electron chi connectivity index (χ4n) is 4.15. The molecule has 9 heteroatoms. The van der Waals surface area contributed by atoms with Crippen LogP contribution in [0.1, 0.15) is 27.1 Å². The van der Waals surface area contributed by atoms with Gasteiger partial charge in [-0.05, 0) is 30.7 Å². The third kappa shape index (κ3) is 3.58. The molecule has 0 spiro atoms. The molecule has 32 heavy (non-hydrogen) atoms. The van der Waals surface area contributed by atoms with Gasteiger partial charge in [0.2, 0.25) is 0 Å². The number of hydrogen-bond acceptors (Lipinski definition) is 5. The van der Waals surface area contributed by atoms with Gasteiger partial charge in [0, 0.05) is 72.4 Å². The molecular formula is C23H23N7O2. The second kappa shape index (κ2) is 7.84. The van der Waals surface area contributed by atoms with Gasteiger partial charge in [0.1, 0.15) is 5.82 Å². The molecule has 4 aromatic rings. The molecule has 1 aliphatic rings. The summed E-state index contributed by atoms with van der Waals surface area (Å²) in [5.41, 5.74) is 9.50. The van der Waals surface area contributed by atoms with Crippen LogP contribution in [-0.2, 0) is 7.05 Å². The van der Waals surface area contributed by atoms with Crippen molar-refractivity contribution in [3.63, 3.8) is 0 Å². The Morgan fingerprint density at radius 2 is 2.06 bits per heavy atom. The third-order valence-electron chi connectivity index (χ3n) is 5.84. The Balaban J connectivity index is 1.29. The minimum atomic E-state index is -0.298. The van der Waals surface area contributed by atoms with Crippen molar-refractivity contribution < 1.29 is 9.59 Å². The molecular weight excluding hydrogens is 406 g/mol. The molecule has 0 radical (unpaired) electrons. The summed E-state index contributed by atoms with van der Waals surface area (Å²) in [5, 5.41) is 8.06. The maximum absolute atomic E-state index is 13.1. The van der Waals surface area contributed by atoms with E-state index >= 15 is 0 Å². The van der Waals surface area contributed by atoms with Crippen LogP contribution in [0.2, 0.25) is 0 Å². The summed E-state index contributed by atoms with van der Waals surface area (Å²) >= 11 is 0. The van der Waals surface area contributed by atoms with Crippen LogP contribution in [0.3, 0.4) is 0 Å². The zero-order chi connectivity index (χ0) is 22.2. The van der Waals surface area contributed by atoms with Crippen LogP contribution < -0.4 is 11.1 Å².